The molecule has 0 amide bonds. The van der Waals surface area contributed by atoms with Crippen molar-refractivity contribution in [1.29, 1.82) is 0 Å². The van der Waals surface area contributed by atoms with E-state index in [2.05, 4.69) is 6.92 Å². The number of hydrogen-bond acceptors (Lipinski definition) is 6. The van der Waals surface area contributed by atoms with Gasteiger partial charge in [-0.05, 0) is 53.8 Å². The number of unbranched alkanes of at least 4 members (excludes halogenated alkanes) is 3. The number of hydrogen-bond donors (Lipinski definition) is 2. The van der Waals surface area contributed by atoms with Crippen molar-refractivity contribution in [1.82, 2.24) is 0 Å². The van der Waals surface area contributed by atoms with E-state index < -0.39 is 11.9 Å². The van der Waals surface area contributed by atoms with Gasteiger partial charge >= 0.3 is 11.9 Å². The Morgan fingerprint density at radius 2 is 1.32 bits per heavy atom. The summed E-state index contributed by atoms with van der Waals surface area (Å²) in [5, 5.41) is 20.3. The van der Waals surface area contributed by atoms with Crippen LogP contribution in [0.25, 0.3) is 5.57 Å². The van der Waals surface area contributed by atoms with Crippen LogP contribution < -0.4 is 0 Å². The van der Waals surface area contributed by atoms with E-state index in [1.165, 1.54) is 38.5 Å². The summed E-state index contributed by atoms with van der Waals surface area (Å²) in [7, 11) is 2.40. The van der Waals surface area contributed by atoms with E-state index in [0.717, 1.165) is 19.3 Å². The third kappa shape index (κ3) is 5.71. The van der Waals surface area contributed by atoms with Crippen LogP contribution in [-0.4, -0.2) is 36.4 Å². The molecule has 6 nitrogen and oxygen atoms in total. The molecule has 0 radical (unpaired) electrons. The molecule has 0 unspecified atom stereocenters. The fourth-order valence-corrected chi connectivity index (χ4v) is 3.52. The van der Waals surface area contributed by atoms with Crippen molar-refractivity contribution in [2.45, 2.75) is 32.6 Å². The predicted molar refractivity (Wildman–Crippen MR) is 120 cm³/mol. The summed E-state index contributed by atoms with van der Waals surface area (Å²) < 4.78 is 9.47. The van der Waals surface area contributed by atoms with Crippen LogP contribution in [0, 0.1) is 0 Å². The predicted octanol–water partition coefficient (Wildman–Crippen LogP) is 5.99. The second-order valence-electron chi connectivity index (χ2n) is 6.81. The van der Waals surface area contributed by atoms with Gasteiger partial charge in [0.15, 0.2) is 0 Å². The van der Waals surface area contributed by atoms with Gasteiger partial charge < -0.3 is 19.7 Å². The first-order chi connectivity index (χ1) is 14.7. The number of esters is 2. The van der Waals surface area contributed by atoms with Crippen LogP contribution >= 0.6 is 23.2 Å². The van der Waals surface area contributed by atoms with Crippen molar-refractivity contribution < 1.29 is 29.3 Å². The summed E-state index contributed by atoms with van der Waals surface area (Å²) in [4.78, 5) is 24.2. The number of carbonyl (C=O) groups is 2. The molecule has 8 heteroatoms. The van der Waals surface area contributed by atoms with Gasteiger partial charge in [-0.15, -0.1) is 0 Å². The average molecular weight is 467 g/mol. The molecule has 0 aliphatic heterocycles. The lowest BCUT2D eigenvalue weighted by molar-refractivity contribution is 0.0588. The number of halogens is 2. The number of allylic oxidation sites excluding steroid dienone is 1. The Hall–Kier alpha value is -2.70. The Kier molecular flexibility index (Phi) is 8.77. The fourth-order valence-electron chi connectivity index (χ4n) is 3.08. The summed E-state index contributed by atoms with van der Waals surface area (Å²) in [5.41, 5.74) is 1.45. The molecule has 2 aromatic carbocycles. The van der Waals surface area contributed by atoms with Crippen molar-refractivity contribution in [3.8, 4) is 11.5 Å². The minimum atomic E-state index is -0.745. The van der Waals surface area contributed by atoms with E-state index in [0.29, 0.717) is 23.1 Å². The summed E-state index contributed by atoms with van der Waals surface area (Å²) in [6.45, 7) is 2.09. The second kappa shape index (κ2) is 11.1. The maximum atomic E-state index is 12.1. The highest BCUT2D eigenvalue weighted by atomic mass is 35.5. The topological polar surface area (TPSA) is 93.1 Å². The maximum absolute atomic E-state index is 12.1. The highest BCUT2D eigenvalue weighted by Gasteiger charge is 2.21. The van der Waals surface area contributed by atoms with Crippen LogP contribution in [0.5, 0.6) is 11.5 Å². The van der Waals surface area contributed by atoms with Crippen molar-refractivity contribution in [2.75, 3.05) is 14.2 Å². The van der Waals surface area contributed by atoms with Crippen LogP contribution in [0.15, 0.2) is 30.3 Å². The van der Waals surface area contributed by atoms with Crippen molar-refractivity contribution >= 4 is 40.7 Å². The van der Waals surface area contributed by atoms with Gasteiger partial charge in [0.1, 0.15) is 22.6 Å². The number of methoxy groups -OCH3 is 2. The molecule has 0 fully saturated rings. The zero-order chi connectivity index (χ0) is 23.1. The first-order valence-electron chi connectivity index (χ1n) is 9.67. The van der Waals surface area contributed by atoms with Gasteiger partial charge in [0.25, 0.3) is 0 Å². The molecule has 0 heterocycles. The van der Waals surface area contributed by atoms with Crippen LogP contribution in [0.1, 0.15) is 64.4 Å². The Labute approximate surface area is 191 Å². The fraction of sp³-hybridized carbons (Fsp3) is 0.304. The summed E-state index contributed by atoms with van der Waals surface area (Å²) in [5.74, 6) is -2.26. The molecule has 2 aromatic rings. The first-order valence-corrected chi connectivity index (χ1v) is 10.4. The molecule has 0 aliphatic carbocycles. The Morgan fingerprint density at radius 1 is 0.871 bits per heavy atom. The molecule has 2 N–H and O–H groups in total. The quantitative estimate of drug-likeness (QED) is 0.366. The third-order valence-corrected chi connectivity index (χ3v) is 5.29. The third-order valence-electron chi connectivity index (χ3n) is 4.72. The zero-order valence-corrected chi connectivity index (χ0v) is 19.0. The number of carbonyl (C=O) groups excluding carboxylic acids is 2. The van der Waals surface area contributed by atoms with E-state index in [1.54, 1.807) is 0 Å². The molecule has 0 saturated heterocycles. The molecule has 0 spiro atoms. The average Bonchev–Trinajstić information content (AvgIpc) is 2.76. The summed E-state index contributed by atoms with van der Waals surface area (Å²) >= 11 is 12.3. The zero-order valence-electron chi connectivity index (χ0n) is 17.5. The van der Waals surface area contributed by atoms with Crippen molar-refractivity contribution in [3.63, 3.8) is 0 Å². The van der Waals surface area contributed by atoms with E-state index in [4.69, 9.17) is 32.7 Å². The van der Waals surface area contributed by atoms with Gasteiger partial charge in [0.05, 0.1) is 24.3 Å². The van der Waals surface area contributed by atoms with Crippen LogP contribution in [0.4, 0.5) is 0 Å². The van der Waals surface area contributed by atoms with Crippen LogP contribution in [-0.2, 0) is 9.47 Å². The first kappa shape index (κ1) is 24.6. The largest absolute Gasteiger partial charge is 0.505 e. The molecular weight excluding hydrogens is 443 g/mol. The van der Waals surface area contributed by atoms with Crippen LogP contribution in [0.3, 0.4) is 0 Å². The Bertz CT molecular complexity index is 940. The smallest absolute Gasteiger partial charge is 0.341 e. The number of phenolic OH excluding ortho intramolecular Hbond substituents is 2. The lowest BCUT2D eigenvalue weighted by Crippen LogP contribution is -2.05. The van der Waals surface area contributed by atoms with Gasteiger partial charge in [-0.3, -0.25) is 0 Å². The molecule has 166 valence electrons. The maximum Gasteiger partial charge on any atom is 0.341 e. The molecule has 0 aliphatic rings. The Balaban J connectivity index is 2.71. The number of phenols is 2. The number of benzene rings is 2. The number of aromatic hydroxyl groups is 2. The standard InChI is InChI=1S/C23H24Cl2O6/c1-4-5-6-7-8-15(13-9-16(22(28)30-2)20(26)18(24)11-13)14-10-17(23(29)31-3)21(27)19(25)12-14/h8-12,26-27H,4-7H2,1-3H3. The molecular formula is C23H24Cl2O6. The lowest BCUT2D eigenvalue weighted by Gasteiger charge is -2.15. The van der Waals surface area contributed by atoms with E-state index in [1.807, 2.05) is 6.08 Å². The number of ether oxygens (including phenoxy) is 2. The number of rotatable bonds is 8. The summed E-state index contributed by atoms with van der Waals surface area (Å²) in [6, 6.07) is 5.93. The molecule has 0 atom stereocenters. The molecule has 0 saturated carbocycles. The second-order valence-corrected chi connectivity index (χ2v) is 7.62. The highest BCUT2D eigenvalue weighted by molar-refractivity contribution is 6.33. The van der Waals surface area contributed by atoms with Gasteiger partial charge in [0, 0.05) is 0 Å². The summed E-state index contributed by atoms with van der Waals surface area (Å²) in [6.07, 6.45) is 5.63. The SMILES string of the molecule is CCCCCC=C(c1cc(Cl)c(O)c(C(=O)OC)c1)c1cc(Cl)c(O)c(C(=O)OC)c1. The van der Waals surface area contributed by atoms with Gasteiger partial charge in [-0.25, -0.2) is 9.59 Å². The van der Waals surface area contributed by atoms with Crippen LogP contribution in [0.2, 0.25) is 10.0 Å². The van der Waals surface area contributed by atoms with Gasteiger partial charge in [-0.2, -0.15) is 0 Å². The lowest BCUT2D eigenvalue weighted by atomic mass is 9.93. The molecule has 0 aromatic heterocycles. The van der Waals surface area contributed by atoms with Crippen molar-refractivity contribution in [2.24, 2.45) is 0 Å². The van der Waals surface area contributed by atoms with E-state index in [9.17, 15) is 19.8 Å². The monoisotopic (exact) mass is 466 g/mol. The van der Waals surface area contributed by atoms with E-state index >= 15 is 0 Å². The Morgan fingerprint density at radius 3 is 1.71 bits per heavy atom. The highest BCUT2D eigenvalue weighted by Crippen LogP contribution is 2.38. The van der Waals surface area contributed by atoms with Crippen molar-refractivity contribution in [3.05, 3.63) is 62.6 Å². The molecule has 2 rings (SSSR count). The molecule has 0 bridgehead atoms. The van der Waals surface area contributed by atoms with Gasteiger partial charge in [0.2, 0.25) is 0 Å². The minimum Gasteiger partial charge on any atom is -0.505 e. The van der Waals surface area contributed by atoms with Gasteiger partial charge in [-0.1, -0.05) is 49.0 Å². The molecule has 31 heavy (non-hydrogen) atoms. The normalized spacial score (nSPS) is 10.5. The van der Waals surface area contributed by atoms with E-state index in [-0.39, 0.29) is 32.7 Å². The minimum absolute atomic E-state index is 0.0320.